The van der Waals surface area contributed by atoms with Crippen molar-refractivity contribution in [3.63, 3.8) is 0 Å². The molecule has 0 amide bonds. The summed E-state index contributed by atoms with van der Waals surface area (Å²) in [6.07, 6.45) is 5.61. The first-order valence-corrected chi connectivity index (χ1v) is 11.4. The van der Waals surface area contributed by atoms with Crippen LogP contribution in [0.5, 0.6) is 0 Å². The van der Waals surface area contributed by atoms with Gasteiger partial charge in [0.05, 0.1) is 0 Å². The van der Waals surface area contributed by atoms with E-state index in [2.05, 4.69) is 20.1 Å². The third kappa shape index (κ3) is 4.34. The number of aromatic nitrogens is 3. The molecule has 2 N–H and O–H groups in total. The van der Waals surface area contributed by atoms with Crippen molar-refractivity contribution < 1.29 is 5.21 Å². The molecule has 0 aliphatic carbocycles. The number of halogens is 1. The highest BCUT2D eigenvalue weighted by atomic mass is 35.5. The van der Waals surface area contributed by atoms with Crippen LogP contribution in [-0.4, -0.2) is 44.2 Å². The van der Waals surface area contributed by atoms with Crippen LogP contribution in [0.4, 0.5) is 0 Å². The van der Waals surface area contributed by atoms with Crippen LogP contribution in [0.15, 0.2) is 84.3 Å². The average molecular weight is 458 g/mol. The Bertz CT molecular complexity index is 1240. The minimum absolute atomic E-state index is 0.205. The molecule has 6 nitrogen and oxygen atoms in total. The summed E-state index contributed by atoms with van der Waals surface area (Å²) in [7, 11) is 0. The zero-order chi connectivity index (χ0) is 22.6. The molecule has 4 aromatic rings. The van der Waals surface area contributed by atoms with Gasteiger partial charge in [-0.15, -0.1) is 0 Å². The maximum Gasteiger partial charge on any atom is 0.175 e. The molecular formula is C26H24ClN5O. The minimum Gasteiger partial charge on any atom is -0.409 e. The molecule has 0 radical (unpaired) electrons. The summed E-state index contributed by atoms with van der Waals surface area (Å²) < 4.78 is 0. The number of likely N-dealkylation sites (tertiary alicyclic amines) is 1. The Labute approximate surface area is 197 Å². The van der Waals surface area contributed by atoms with E-state index in [4.69, 9.17) is 16.7 Å². The van der Waals surface area contributed by atoms with E-state index >= 15 is 0 Å². The van der Waals surface area contributed by atoms with E-state index in [-0.39, 0.29) is 5.92 Å². The molecule has 1 unspecified atom stereocenters. The van der Waals surface area contributed by atoms with E-state index in [1.807, 2.05) is 66.7 Å². The van der Waals surface area contributed by atoms with Gasteiger partial charge in [-0.3, -0.25) is 10.1 Å². The minimum atomic E-state index is 0.205. The molecule has 1 saturated heterocycles. The van der Waals surface area contributed by atoms with E-state index in [1.165, 1.54) is 0 Å². The second-order valence-electron chi connectivity index (χ2n) is 8.18. The van der Waals surface area contributed by atoms with Gasteiger partial charge in [0.1, 0.15) is 5.69 Å². The number of nitrogens with zero attached hydrogens (tertiary/aromatic N) is 4. The fourth-order valence-electron chi connectivity index (χ4n) is 4.57. The van der Waals surface area contributed by atoms with Gasteiger partial charge in [-0.1, -0.05) is 59.2 Å². The third-order valence-corrected chi connectivity index (χ3v) is 6.39. The molecule has 1 fully saturated rings. The van der Waals surface area contributed by atoms with Gasteiger partial charge < -0.3 is 10.1 Å². The van der Waals surface area contributed by atoms with Crippen LogP contribution in [0.25, 0.3) is 22.4 Å². The van der Waals surface area contributed by atoms with Crippen LogP contribution in [0.1, 0.15) is 30.0 Å². The maximum absolute atomic E-state index is 9.80. The number of amidine groups is 1. The summed E-state index contributed by atoms with van der Waals surface area (Å²) in [6, 6.07) is 21.6. The summed E-state index contributed by atoms with van der Waals surface area (Å²) in [6.45, 7) is 1.57. The van der Waals surface area contributed by atoms with E-state index in [1.54, 1.807) is 12.4 Å². The number of hydrogen-bond acceptors (Lipinski definition) is 4. The smallest absolute Gasteiger partial charge is 0.175 e. The SMILES string of the molecule is O/N=C(/c1ccccc1)N1CCCC(c2[nH]nc(-c3ccc(Cl)cc3)c2-c2ccncc2)C1. The lowest BCUT2D eigenvalue weighted by atomic mass is 9.88. The van der Waals surface area contributed by atoms with Crippen molar-refractivity contribution in [2.45, 2.75) is 18.8 Å². The zero-order valence-corrected chi connectivity index (χ0v) is 18.8. The largest absolute Gasteiger partial charge is 0.409 e. The first kappa shape index (κ1) is 21.2. The van der Waals surface area contributed by atoms with Crippen LogP contribution in [0.2, 0.25) is 5.02 Å². The number of rotatable bonds is 4. The quantitative estimate of drug-likeness (QED) is 0.175. The number of oxime groups is 1. The Morgan fingerprint density at radius 2 is 1.76 bits per heavy atom. The lowest BCUT2D eigenvalue weighted by Crippen LogP contribution is -2.39. The number of pyridine rings is 1. The first-order chi connectivity index (χ1) is 16.2. The lowest BCUT2D eigenvalue weighted by Gasteiger charge is -2.34. The summed E-state index contributed by atoms with van der Waals surface area (Å²) in [5.41, 5.74) is 6.03. The number of hydrogen-bond donors (Lipinski definition) is 2. The van der Waals surface area contributed by atoms with Gasteiger partial charge >= 0.3 is 0 Å². The molecular weight excluding hydrogens is 434 g/mol. The Kier molecular flexibility index (Phi) is 6.09. The third-order valence-electron chi connectivity index (χ3n) is 6.14. The van der Waals surface area contributed by atoms with E-state index in [9.17, 15) is 5.21 Å². The normalized spacial score (nSPS) is 16.7. The van der Waals surface area contributed by atoms with E-state index in [0.29, 0.717) is 10.9 Å². The monoisotopic (exact) mass is 457 g/mol. The van der Waals surface area contributed by atoms with Crippen molar-refractivity contribution in [2.24, 2.45) is 5.16 Å². The number of H-pyrrole nitrogens is 1. The van der Waals surface area contributed by atoms with Crippen LogP contribution in [-0.2, 0) is 0 Å². The highest BCUT2D eigenvalue weighted by Gasteiger charge is 2.29. The maximum atomic E-state index is 9.80. The summed E-state index contributed by atoms with van der Waals surface area (Å²) in [5, 5.41) is 22.2. The molecule has 5 rings (SSSR count). The molecule has 1 atom stereocenters. The molecule has 0 saturated carbocycles. The zero-order valence-electron chi connectivity index (χ0n) is 18.0. The van der Waals surface area contributed by atoms with Crippen molar-refractivity contribution in [1.29, 1.82) is 0 Å². The number of aromatic amines is 1. The Morgan fingerprint density at radius 1 is 1.00 bits per heavy atom. The highest BCUT2D eigenvalue weighted by Crippen LogP contribution is 2.39. The molecule has 2 aromatic heterocycles. The standard InChI is InChI=1S/C26H24ClN5O/c27-22-10-8-19(9-11-22)24-23(18-12-14-28-15-13-18)25(30-29-24)21-7-4-16-32(17-21)26(31-33)20-5-2-1-3-6-20/h1-3,5-6,8-15,21,33H,4,7,16-17H2,(H,29,30)/b31-26-. The van der Waals surface area contributed by atoms with Gasteiger partial charge in [-0.25, -0.2) is 0 Å². The van der Waals surface area contributed by atoms with Crippen molar-refractivity contribution in [1.82, 2.24) is 20.1 Å². The lowest BCUT2D eigenvalue weighted by molar-refractivity contribution is 0.272. The molecule has 3 heterocycles. The Balaban J connectivity index is 1.53. The van der Waals surface area contributed by atoms with Gasteiger partial charge in [0.2, 0.25) is 0 Å². The second kappa shape index (κ2) is 9.46. The first-order valence-electron chi connectivity index (χ1n) is 11.0. The molecule has 7 heteroatoms. The molecule has 166 valence electrons. The molecule has 33 heavy (non-hydrogen) atoms. The van der Waals surface area contributed by atoms with Crippen LogP contribution in [0.3, 0.4) is 0 Å². The van der Waals surface area contributed by atoms with Crippen molar-refractivity contribution in [3.8, 4) is 22.4 Å². The molecule has 1 aliphatic rings. The predicted molar refractivity (Wildman–Crippen MR) is 131 cm³/mol. The molecule has 0 spiro atoms. The topological polar surface area (TPSA) is 77.4 Å². The van der Waals surface area contributed by atoms with Crippen LogP contribution < -0.4 is 0 Å². The Morgan fingerprint density at radius 3 is 2.48 bits per heavy atom. The Hall–Kier alpha value is -3.64. The van der Waals surface area contributed by atoms with E-state index < -0.39 is 0 Å². The second-order valence-corrected chi connectivity index (χ2v) is 8.61. The number of piperidine rings is 1. The fourth-order valence-corrected chi connectivity index (χ4v) is 4.70. The van der Waals surface area contributed by atoms with Gasteiger partial charge in [0, 0.05) is 58.8 Å². The highest BCUT2D eigenvalue weighted by molar-refractivity contribution is 6.30. The molecule has 0 bridgehead atoms. The predicted octanol–water partition coefficient (Wildman–Crippen LogP) is 5.81. The van der Waals surface area contributed by atoms with Gasteiger partial charge in [-0.2, -0.15) is 5.10 Å². The summed E-state index contributed by atoms with van der Waals surface area (Å²) in [4.78, 5) is 6.35. The number of benzene rings is 2. The average Bonchev–Trinajstić information content (AvgIpc) is 3.32. The van der Waals surface area contributed by atoms with Crippen molar-refractivity contribution >= 4 is 17.4 Å². The summed E-state index contributed by atoms with van der Waals surface area (Å²) >= 11 is 6.12. The van der Waals surface area contributed by atoms with E-state index in [0.717, 1.165) is 59.6 Å². The molecule has 1 aliphatic heterocycles. The van der Waals surface area contributed by atoms with Gasteiger partial charge in [0.15, 0.2) is 5.84 Å². The van der Waals surface area contributed by atoms with Gasteiger partial charge in [-0.05, 0) is 42.7 Å². The van der Waals surface area contributed by atoms with Crippen molar-refractivity contribution in [3.05, 3.63) is 95.4 Å². The van der Waals surface area contributed by atoms with Crippen LogP contribution in [0, 0.1) is 0 Å². The van der Waals surface area contributed by atoms with Crippen molar-refractivity contribution in [2.75, 3.05) is 13.1 Å². The van der Waals surface area contributed by atoms with Crippen LogP contribution >= 0.6 is 11.6 Å². The number of nitrogens with one attached hydrogen (secondary N) is 1. The summed E-state index contributed by atoms with van der Waals surface area (Å²) in [5.74, 6) is 0.805. The van der Waals surface area contributed by atoms with Gasteiger partial charge in [0.25, 0.3) is 0 Å². The molecule has 2 aromatic carbocycles. The fraction of sp³-hybridized carbons (Fsp3) is 0.192.